The molecule has 1 aliphatic rings. The van der Waals surface area contributed by atoms with Gasteiger partial charge in [0.2, 0.25) is 10.0 Å². The molecule has 8 heteroatoms. The lowest BCUT2D eigenvalue weighted by molar-refractivity contribution is -0.140. The van der Waals surface area contributed by atoms with Crippen molar-refractivity contribution in [3.63, 3.8) is 0 Å². The van der Waals surface area contributed by atoms with Crippen molar-refractivity contribution >= 4 is 16.0 Å². The van der Waals surface area contributed by atoms with Gasteiger partial charge in [-0.2, -0.15) is 4.31 Å². The average Bonchev–Trinajstić information content (AvgIpc) is 2.72. The number of aliphatic carboxylic acids is 1. The Hall–Kier alpha value is -1.51. The van der Waals surface area contributed by atoms with Crippen LogP contribution in [0.25, 0.3) is 0 Å². The Morgan fingerprint density at radius 1 is 1.42 bits per heavy atom. The van der Waals surface area contributed by atoms with Crippen LogP contribution in [0.4, 0.5) is 4.39 Å². The van der Waals surface area contributed by atoms with Gasteiger partial charge < -0.3 is 10.2 Å². The predicted octanol–water partition coefficient (Wildman–Crippen LogP) is 0.0342. The third kappa shape index (κ3) is 2.60. The van der Waals surface area contributed by atoms with E-state index in [0.717, 1.165) is 12.1 Å². The summed E-state index contributed by atoms with van der Waals surface area (Å²) in [7, 11) is -4.14. The quantitative estimate of drug-likeness (QED) is 0.819. The molecule has 0 amide bonds. The van der Waals surface area contributed by atoms with Crippen molar-refractivity contribution in [1.29, 1.82) is 0 Å². The van der Waals surface area contributed by atoms with Crippen LogP contribution in [0, 0.1) is 5.82 Å². The first-order valence-electron chi connectivity index (χ1n) is 5.50. The Labute approximate surface area is 109 Å². The zero-order valence-electron chi connectivity index (χ0n) is 9.73. The van der Waals surface area contributed by atoms with Crippen LogP contribution in [0.2, 0.25) is 0 Å². The summed E-state index contributed by atoms with van der Waals surface area (Å²) in [6.07, 6.45) is -1.21. The molecule has 1 aromatic carbocycles. The topological polar surface area (TPSA) is 94.9 Å². The smallest absolute Gasteiger partial charge is 0.322 e. The molecule has 1 fully saturated rings. The van der Waals surface area contributed by atoms with Crippen molar-refractivity contribution in [3.05, 3.63) is 30.1 Å². The van der Waals surface area contributed by atoms with E-state index >= 15 is 0 Å². The van der Waals surface area contributed by atoms with Gasteiger partial charge in [0.15, 0.2) is 0 Å². The van der Waals surface area contributed by atoms with Gasteiger partial charge in [-0.1, -0.05) is 6.07 Å². The summed E-state index contributed by atoms with van der Waals surface area (Å²) in [6.45, 7) is -0.310. The Morgan fingerprint density at radius 3 is 2.68 bits per heavy atom. The molecule has 0 aliphatic carbocycles. The second-order valence-electron chi connectivity index (χ2n) is 4.28. The van der Waals surface area contributed by atoms with Gasteiger partial charge in [0.25, 0.3) is 0 Å². The molecular formula is C11H12FNO5S. The Balaban J connectivity index is 2.41. The summed E-state index contributed by atoms with van der Waals surface area (Å²) in [5.41, 5.74) is 0. The first-order chi connectivity index (χ1) is 8.82. The molecule has 0 spiro atoms. The Bertz CT molecular complexity index is 603. The minimum atomic E-state index is -4.14. The van der Waals surface area contributed by atoms with Gasteiger partial charge in [-0.05, 0) is 18.2 Å². The number of carbonyl (C=O) groups is 1. The third-order valence-electron chi connectivity index (χ3n) is 2.92. The van der Waals surface area contributed by atoms with Crippen LogP contribution < -0.4 is 0 Å². The fourth-order valence-electron chi connectivity index (χ4n) is 2.04. The maximum absolute atomic E-state index is 13.1. The lowest BCUT2D eigenvalue weighted by Gasteiger charge is -2.20. The van der Waals surface area contributed by atoms with E-state index in [4.69, 9.17) is 5.11 Å². The molecule has 0 bridgehead atoms. The number of benzene rings is 1. The van der Waals surface area contributed by atoms with Crippen LogP contribution >= 0.6 is 0 Å². The predicted molar refractivity (Wildman–Crippen MR) is 62.3 cm³/mol. The Morgan fingerprint density at radius 2 is 2.11 bits per heavy atom. The number of β-amino-alcohol motifs (C(OH)–C–C–N with tert-alkyl or cyclic N) is 1. The molecule has 2 rings (SSSR count). The second kappa shape index (κ2) is 4.87. The third-order valence-corrected chi connectivity index (χ3v) is 4.79. The van der Waals surface area contributed by atoms with Gasteiger partial charge in [-0.15, -0.1) is 0 Å². The molecule has 1 unspecified atom stereocenters. The van der Waals surface area contributed by atoms with Gasteiger partial charge in [0, 0.05) is 13.0 Å². The molecule has 0 radical (unpaired) electrons. The number of halogens is 1. The molecule has 1 heterocycles. The first-order valence-corrected chi connectivity index (χ1v) is 6.94. The summed E-state index contributed by atoms with van der Waals surface area (Å²) >= 11 is 0. The van der Waals surface area contributed by atoms with Crippen LogP contribution in [-0.2, 0) is 14.8 Å². The molecule has 6 nitrogen and oxygen atoms in total. The monoisotopic (exact) mass is 289 g/mol. The highest BCUT2D eigenvalue weighted by Crippen LogP contribution is 2.26. The summed E-state index contributed by atoms with van der Waals surface area (Å²) in [5.74, 6) is -2.07. The largest absolute Gasteiger partial charge is 0.480 e. The van der Waals surface area contributed by atoms with E-state index in [0.29, 0.717) is 4.31 Å². The summed E-state index contributed by atoms with van der Waals surface area (Å²) < 4.78 is 38.2. The van der Waals surface area contributed by atoms with Crippen LogP contribution in [0.1, 0.15) is 6.42 Å². The number of hydrogen-bond donors (Lipinski definition) is 2. The van der Waals surface area contributed by atoms with E-state index < -0.39 is 34.0 Å². The Kier molecular flexibility index (Phi) is 3.57. The molecule has 2 atom stereocenters. The van der Waals surface area contributed by atoms with Crippen molar-refractivity contribution in [3.8, 4) is 0 Å². The van der Waals surface area contributed by atoms with Crippen LogP contribution in [0.3, 0.4) is 0 Å². The zero-order chi connectivity index (χ0) is 14.2. The van der Waals surface area contributed by atoms with Crippen molar-refractivity contribution in [1.82, 2.24) is 4.31 Å². The highest BCUT2D eigenvalue weighted by atomic mass is 32.2. The summed E-state index contributed by atoms with van der Waals surface area (Å²) in [4.78, 5) is 10.7. The van der Waals surface area contributed by atoms with Crippen LogP contribution in [0.15, 0.2) is 29.2 Å². The standard InChI is InChI=1S/C11H12FNO5S/c12-7-2-1-3-9(4-7)19(17,18)13-6-8(14)5-10(13)11(15)16/h1-4,8,10,14H,5-6H2,(H,15,16)/t8?,10-/m0/s1. The number of nitrogens with zero attached hydrogens (tertiary/aromatic N) is 1. The first kappa shape index (κ1) is 13.9. The number of rotatable bonds is 3. The van der Waals surface area contributed by atoms with E-state index in [1.165, 1.54) is 12.1 Å². The summed E-state index contributed by atoms with van der Waals surface area (Å²) in [6, 6.07) is 2.99. The number of aliphatic hydroxyl groups excluding tert-OH is 1. The molecule has 1 saturated heterocycles. The molecule has 104 valence electrons. The highest BCUT2D eigenvalue weighted by Gasteiger charge is 2.43. The number of hydrogen-bond acceptors (Lipinski definition) is 4. The number of sulfonamides is 1. The van der Waals surface area contributed by atoms with Gasteiger partial charge in [-0.3, -0.25) is 4.79 Å². The molecule has 2 N–H and O–H groups in total. The zero-order valence-corrected chi connectivity index (χ0v) is 10.5. The van der Waals surface area contributed by atoms with Crippen molar-refractivity contribution < 1.29 is 27.8 Å². The molecule has 19 heavy (non-hydrogen) atoms. The van der Waals surface area contributed by atoms with E-state index in [9.17, 15) is 22.7 Å². The van der Waals surface area contributed by atoms with Crippen LogP contribution in [-0.4, -0.2) is 47.6 Å². The number of aliphatic hydroxyl groups is 1. The van der Waals surface area contributed by atoms with E-state index in [-0.39, 0.29) is 17.9 Å². The fraction of sp³-hybridized carbons (Fsp3) is 0.364. The number of carboxylic acids is 1. The number of carboxylic acid groups (broad SMARTS) is 1. The minimum absolute atomic E-state index is 0.177. The van der Waals surface area contributed by atoms with Crippen molar-refractivity contribution in [2.24, 2.45) is 0 Å². The van der Waals surface area contributed by atoms with E-state index in [1.807, 2.05) is 0 Å². The SMILES string of the molecule is O=C(O)[C@@H]1CC(O)CN1S(=O)(=O)c1cccc(F)c1. The van der Waals surface area contributed by atoms with Crippen molar-refractivity contribution in [2.45, 2.75) is 23.5 Å². The van der Waals surface area contributed by atoms with E-state index in [2.05, 4.69) is 0 Å². The van der Waals surface area contributed by atoms with Gasteiger partial charge >= 0.3 is 5.97 Å². The highest BCUT2D eigenvalue weighted by molar-refractivity contribution is 7.89. The fourth-order valence-corrected chi connectivity index (χ4v) is 3.70. The second-order valence-corrected chi connectivity index (χ2v) is 6.17. The average molecular weight is 289 g/mol. The molecule has 0 aromatic heterocycles. The van der Waals surface area contributed by atoms with E-state index in [1.54, 1.807) is 0 Å². The normalized spacial score (nSPS) is 24.5. The molecule has 1 aliphatic heterocycles. The van der Waals surface area contributed by atoms with Crippen molar-refractivity contribution in [2.75, 3.05) is 6.54 Å². The lowest BCUT2D eigenvalue weighted by Crippen LogP contribution is -2.40. The molecular weight excluding hydrogens is 277 g/mol. The van der Waals surface area contributed by atoms with Gasteiger partial charge in [0.1, 0.15) is 11.9 Å². The van der Waals surface area contributed by atoms with Gasteiger partial charge in [-0.25, -0.2) is 12.8 Å². The van der Waals surface area contributed by atoms with Gasteiger partial charge in [0.05, 0.1) is 11.0 Å². The minimum Gasteiger partial charge on any atom is -0.480 e. The van der Waals surface area contributed by atoms with Crippen LogP contribution in [0.5, 0.6) is 0 Å². The summed E-state index contributed by atoms with van der Waals surface area (Å²) in [5, 5.41) is 18.4. The molecule has 1 aromatic rings. The maximum atomic E-state index is 13.1. The maximum Gasteiger partial charge on any atom is 0.322 e. The lowest BCUT2D eigenvalue weighted by atomic mass is 10.2. The molecule has 0 saturated carbocycles.